The number of nitrogens with zero attached hydrogens (tertiary/aromatic N) is 1. The molecule has 0 spiro atoms. The maximum absolute atomic E-state index is 12.2. The summed E-state index contributed by atoms with van der Waals surface area (Å²) in [5.74, 6) is -0.232. The highest BCUT2D eigenvalue weighted by Gasteiger charge is 2.08. The Morgan fingerprint density at radius 1 is 1.22 bits per heavy atom. The first-order valence-electron chi connectivity index (χ1n) is 7.04. The molecule has 2 N–H and O–H groups in total. The number of anilines is 1. The number of rotatable bonds is 6. The largest absolute Gasteiger partial charge is 0.324 e. The van der Waals surface area contributed by atoms with Crippen molar-refractivity contribution in [3.05, 3.63) is 63.0 Å². The SMILES string of the molecule is CCNCc1ccccc1NC(=O)Cn1cc(Br)ccc1=O.Cl. The van der Waals surface area contributed by atoms with Crippen LogP contribution in [0.15, 0.2) is 51.9 Å². The minimum Gasteiger partial charge on any atom is -0.324 e. The molecule has 0 aliphatic heterocycles. The molecule has 23 heavy (non-hydrogen) atoms. The standard InChI is InChI=1S/C16H18BrN3O2.ClH/c1-2-18-9-12-5-3-4-6-14(12)19-15(21)11-20-10-13(17)7-8-16(20)22;/h3-8,10,18H,2,9,11H2,1H3,(H,19,21);1H. The maximum atomic E-state index is 12.2. The van der Waals surface area contributed by atoms with Crippen LogP contribution in [0.4, 0.5) is 5.69 Å². The van der Waals surface area contributed by atoms with Gasteiger partial charge < -0.3 is 15.2 Å². The van der Waals surface area contributed by atoms with E-state index >= 15 is 0 Å². The van der Waals surface area contributed by atoms with Crippen molar-refractivity contribution in [2.45, 2.75) is 20.0 Å². The summed E-state index contributed by atoms with van der Waals surface area (Å²) in [4.78, 5) is 23.9. The molecule has 1 aromatic heterocycles. The molecule has 0 aliphatic rings. The lowest BCUT2D eigenvalue weighted by Gasteiger charge is -2.12. The van der Waals surface area contributed by atoms with Crippen molar-refractivity contribution in [2.75, 3.05) is 11.9 Å². The van der Waals surface area contributed by atoms with Crippen molar-refractivity contribution in [3.63, 3.8) is 0 Å². The summed E-state index contributed by atoms with van der Waals surface area (Å²) in [7, 11) is 0. The van der Waals surface area contributed by atoms with E-state index in [9.17, 15) is 9.59 Å². The number of benzene rings is 1. The molecule has 0 atom stereocenters. The van der Waals surface area contributed by atoms with Crippen molar-refractivity contribution in [1.29, 1.82) is 0 Å². The molecular formula is C16H19BrClN3O2. The summed E-state index contributed by atoms with van der Waals surface area (Å²) < 4.78 is 2.12. The summed E-state index contributed by atoms with van der Waals surface area (Å²) in [5.41, 5.74) is 1.56. The predicted molar refractivity (Wildman–Crippen MR) is 98.1 cm³/mol. The van der Waals surface area contributed by atoms with Crippen LogP contribution in [0.5, 0.6) is 0 Å². The van der Waals surface area contributed by atoms with Gasteiger partial charge in [-0.05, 0) is 40.2 Å². The number of aromatic nitrogens is 1. The zero-order valence-corrected chi connectivity index (χ0v) is 15.1. The number of nitrogens with one attached hydrogen (secondary N) is 2. The van der Waals surface area contributed by atoms with Crippen LogP contribution in [0.1, 0.15) is 12.5 Å². The fourth-order valence-corrected chi connectivity index (χ4v) is 2.41. The van der Waals surface area contributed by atoms with Gasteiger partial charge in [0.25, 0.3) is 5.56 Å². The first-order chi connectivity index (χ1) is 10.6. The molecule has 7 heteroatoms. The Hall–Kier alpha value is -1.63. The van der Waals surface area contributed by atoms with Gasteiger partial charge in [-0.3, -0.25) is 9.59 Å². The van der Waals surface area contributed by atoms with E-state index in [2.05, 4.69) is 26.6 Å². The van der Waals surface area contributed by atoms with Crippen molar-refractivity contribution in [2.24, 2.45) is 0 Å². The number of carbonyl (C=O) groups is 1. The van der Waals surface area contributed by atoms with Crippen LogP contribution in [0, 0.1) is 0 Å². The first-order valence-corrected chi connectivity index (χ1v) is 7.84. The van der Waals surface area contributed by atoms with Gasteiger partial charge in [-0.25, -0.2) is 0 Å². The smallest absolute Gasteiger partial charge is 0.251 e. The van der Waals surface area contributed by atoms with Gasteiger partial charge in [-0.1, -0.05) is 25.1 Å². The number of carbonyl (C=O) groups excluding carboxylic acids is 1. The Labute approximate surface area is 149 Å². The Morgan fingerprint density at radius 2 is 1.96 bits per heavy atom. The molecule has 5 nitrogen and oxygen atoms in total. The number of halogens is 2. The van der Waals surface area contributed by atoms with Gasteiger partial charge in [-0.15, -0.1) is 12.4 Å². The van der Waals surface area contributed by atoms with Gasteiger partial charge in [0, 0.05) is 29.0 Å². The fraction of sp³-hybridized carbons (Fsp3) is 0.250. The molecule has 1 aromatic carbocycles. The lowest BCUT2D eigenvalue weighted by atomic mass is 10.1. The summed E-state index contributed by atoms with van der Waals surface area (Å²) in [6.07, 6.45) is 1.60. The molecule has 0 aliphatic carbocycles. The summed E-state index contributed by atoms with van der Waals surface area (Å²) >= 11 is 3.29. The highest BCUT2D eigenvalue weighted by Crippen LogP contribution is 2.15. The molecule has 0 saturated heterocycles. The van der Waals surface area contributed by atoms with Gasteiger partial charge in [0.2, 0.25) is 5.91 Å². The van der Waals surface area contributed by atoms with Crippen LogP contribution in [0.2, 0.25) is 0 Å². The van der Waals surface area contributed by atoms with E-state index < -0.39 is 0 Å². The second-order valence-electron chi connectivity index (χ2n) is 4.80. The number of para-hydroxylation sites is 1. The summed E-state index contributed by atoms with van der Waals surface area (Å²) in [5, 5.41) is 6.09. The van der Waals surface area contributed by atoms with Crippen molar-refractivity contribution < 1.29 is 4.79 Å². The van der Waals surface area contributed by atoms with Gasteiger partial charge in [-0.2, -0.15) is 0 Å². The van der Waals surface area contributed by atoms with Crippen LogP contribution in [0.25, 0.3) is 0 Å². The number of hydrogen-bond acceptors (Lipinski definition) is 3. The fourth-order valence-electron chi connectivity index (χ4n) is 2.03. The van der Waals surface area contributed by atoms with E-state index in [1.165, 1.54) is 10.6 Å². The molecule has 0 unspecified atom stereocenters. The molecule has 1 amide bonds. The van der Waals surface area contributed by atoms with Gasteiger partial charge in [0.15, 0.2) is 0 Å². The predicted octanol–water partition coefficient (Wildman–Crippen LogP) is 2.78. The van der Waals surface area contributed by atoms with Gasteiger partial charge >= 0.3 is 0 Å². The Bertz CT molecular complexity index is 718. The third-order valence-corrected chi connectivity index (χ3v) is 3.59. The third kappa shape index (κ3) is 5.82. The van der Waals surface area contributed by atoms with E-state index in [4.69, 9.17) is 0 Å². The Kier molecular flexibility index (Phi) is 8.02. The first kappa shape index (κ1) is 19.4. The van der Waals surface area contributed by atoms with Crippen LogP contribution >= 0.6 is 28.3 Å². The maximum Gasteiger partial charge on any atom is 0.251 e. The van der Waals surface area contributed by atoms with Crippen LogP contribution < -0.4 is 16.2 Å². The van der Waals surface area contributed by atoms with Crippen molar-refractivity contribution in [1.82, 2.24) is 9.88 Å². The molecule has 1 heterocycles. The normalized spacial score (nSPS) is 10.0. The molecule has 124 valence electrons. The molecular weight excluding hydrogens is 382 g/mol. The van der Waals surface area contributed by atoms with Crippen molar-refractivity contribution >= 4 is 39.9 Å². The van der Waals surface area contributed by atoms with E-state index in [-0.39, 0.29) is 30.4 Å². The molecule has 0 bridgehead atoms. The van der Waals surface area contributed by atoms with Crippen LogP contribution in [-0.2, 0) is 17.9 Å². The second kappa shape index (κ2) is 9.50. The molecule has 2 aromatic rings. The highest BCUT2D eigenvalue weighted by atomic mass is 79.9. The molecule has 2 rings (SSSR count). The molecule has 0 saturated carbocycles. The number of pyridine rings is 1. The average molecular weight is 401 g/mol. The minimum atomic E-state index is -0.232. The lowest BCUT2D eigenvalue weighted by molar-refractivity contribution is -0.116. The Morgan fingerprint density at radius 3 is 2.70 bits per heavy atom. The average Bonchev–Trinajstić information content (AvgIpc) is 2.50. The summed E-state index contributed by atoms with van der Waals surface area (Å²) in [6.45, 7) is 3.55. The Balaban J connectivity index is 0.00000264. The van der Waals surface area contributed by atoms with Crippen molar-refractivity contribution in [3.8, 4) is 0 Å². The van der Waals surface area contributed by atoms with Crippen LogP contribution in [-0.4, -0.2) is 17.0 Å². The van der Waals surface area contributed by atoms with E-state index in [0.29, 0.717) is 6.54 Å². The van der Waals surface area contributed by atoms with Gasteiger partial charge in [0.1, 0.15) is 6.54 Å². The van der Waals surface area contributed by atoms with E-state index in [1.807, 2.05) is 31.2 Å². The number of hydrogen-bond donors (Lipinski definition) is 2. The monoisotopic (exact) mass is 399 g/mol. The summed E-state index contributed by atoms with van der Waals surface area (Å²) in [6, 6.07) is 10.7. The zero-order chi connectivity index (χ0) is 15.9. The van der Waals surface area contributed by atoms with Gasteiger partial charge in [0.05, 0.1) is 0 Å². The quantitative estimate of drug-likeness (QED) is 0.784. The third-order valence-electron chi connectivity index (χ3n) is 3.12. The van der Waals surface area contributed by atoms with E-state index in [1.54, 1.807) is 12.3 Å². The second-order valence-corrected chi connectivity index (χ2v) is 5.71. The molecule has 0 radical (unpaired) electrons. The van der Waals surface area contributed by atoms with Crippen LogP contribution in [0.3, 0.4) is 0 Å². The van der Waals surface area contributed by atoms with E-state index in [0.717, 1.165) is 22.3 Å². The highest BCUT2D eigenvalue weighted by molar-refractivity contribution is 9.10. The minimum absolute atomic E-state index is 0. The molecule has 0 fully saturated rings. The zero-order valence-electron chi connectivity index (χ0n) is 12.7. The number of amides is 1. The topological polar surface area (TPSA) is 63.1 Å². The lowest BCUT2D eigenvalue weighted by Crippen LogP contribution is -2.27.